The summed E-state index contributed by atoms with van der Waals surface area (Å²) in [6.45, 7) is 9.15. The first-order valence-electron chi connectivity index (χ1n) is 17.5. The molecule has 250 valence electrons. The quantitative estimate of drug-likeness (QED) is 0.169. The van der Waals surface area contributed by atoms with E-state index in [1.165, 1.54) is 66.3 Å². The summed E-state index contributed by atoms with van der Waals surface area (Å²) in [6.07, 6.45) is 0. The zero-order valence-electron chi connectivity index (χ0n) is 30.0. The molecule has 1 aromatic heterocycles. The molecule has 0 saturated carbocycles. The molecule has 0 aliphatic heterocycles. The van der Waals surface area contributed by atoms with Crippen molar-refractivity contribution in [2.24, 2.45) is 0 Å². The average Bonchev–Trinajstić information content (AvgIpc) is 3.52. The Labute approximate surface area is 300 Å². The summed E-state index contributed by atoms with van der Waals surface area (Å²) in [4.78, 5) is 0. The Morgan fingerprint density at radius 3 is 1.49 bits per heavy atom. The number of fused-ring (bicyclic) bond motifs is 3. The van der Waals surface area contributed by atoms with Gasteiger partial charge in [0.1, 0.15) is 11.5 Å². The molecule has 0 spiro atoms. The van der Waals surface area contributed by atoms with E-state index in [-0.39, 0.29) is 0 Å². The predicted molar refractivity (Wildman–Crippen MR) is 215 cm³/mol. The van der Waals surface area contributed by atoms with Crippen LogP contribution >= 0.6 is 0 Å². The Bertz CT molecular complexity index is 2500. The third-order valence-electron chi connectivity index (χ3n) is 10.7. The Morgan fingerprint density at radius 1 is 0.412 bits per heavy atom. The van der Waals surface area contributed by atoms with Crippen LogP contribution in [0, 0.1) is 27.7 Å². The Kier molecular flexibility index (Phi) is 8.20. The van der Waals surface area contributed by atoms with Gasteiger partial charge in [-0.05, 0) is 138 Å². The first-order valence-corrected chi connectivity index (χ1v) is 17.5. The second-order valence-electron chi connectivity index (χ2n) is 13.3. The van der Waals surface area contributed by atoms with Crippen molar-refractivity contribution in [2.75, 3.05) is 14.2 Å². The van der Waals surface area contributed by atoms with Crippen molar-refractivity contribution < 1.29 is 9.47 Å². The van der Waals surface area contributed by atoms with Gasteiger partial charge >= 0.3 is 0 Å². The van der Waals surface area contributed by atoms with Crippen LogP contribution in [-0.2, 0) is 0 Å². The van der Waals surface area contributed by atoms with E-state index >= 15 is 0 Å². The largest absolute Gasteiger partial charge is 0.496 e. The van der Waals surface area contributed by atoms with Crippen LogP contribution in [0.15, 0.2) is 140 Å². The summed E-state index contributed by atoms with van der Waals surface area (Å²) in [5, 5.41) is 2.54. The van der Waals surface area contributed by atoms with Crippen LogP contribution in [0.4, 0.5) is 0 Å². The summed E-state index contributed by atoms with van der Waals surface area (Å²) >= 11 is 0. The number of nitrogens with zero attached hydrogens (tertiary/aromatic N) is 1. The predicted octanol–water partition coefficient (Wildman–Crippen LogP) is 12.7. The molecule has 0 radical (unpaired) electrons. The smallest absolute Gasteiger partial charge is 0.126 e. The maximum Gasteiger partial charge on any atom is 0.126 e. The summed E-state index contributed by atoms with van der Waals surface area (Å²) < 4.78 is 14.1. The van der Waals surface area contributed by atoms with Crippen molar-refractivity contribution in [3.8, 4) is 61.7 Å². The average molecular weight is 664 g/mol. The van der Waals surface area contributed by atoms with Crippen molar-refractivity contribution in [1.29, 1.82) is 0 Å². The minimum atomic E-state index is 0.847. The second-order valence-corrected chi connectivity index (χ2v) is 13.3. The number of benzene rings is 7. The lowest BCUT2D eigenvalue weighted by Crippen LogP contribution is -2.01. The first kappa shape index (κ1) is 32.2. The van der Waals surface area contributed by atoms with Gasteiger partial charge in [0, 0.05) is 27.6 Å². The minimum Gasteiger partial charge on any atom is -0.496 e. The maximum atomic E-state index is 5.86. The summed E-state index contributed by atoms with van der Waals surface area (Å²) in [5.41, 5.74) is 18.0. The lowest BCUT2D eigenvalue weighted by atomic mass is 9.81. The number of para-hydroxylation sites is 4. The van der Waals surface area contributed by atoms with E-state index in [2.05, 4.69) is 148 Å². The van der Waals surface area contributed by atoms with Crippen molar-refractivity contribution >= 4 is 21.8 Å². The van der Waals surface area contributed by atoms with Gasteiger partial charge in [-0.2, -0.15) is 0 Å². The zero-order chi connectivity index (χ0) is 35.2. The van der Waals surface area contributed by atoms with E-state index in [9.17, 15) is 0 Å². The molecule has 0 N–H and O–H groups in total. The number of hydrogen-bond acceptors (Lipinski definition) is 2. The lowest BCUT2D eigenvalue weighted by Gasteiger charge is -2.23. The fourth-order valence-corrected chi connectivity index (χ4v) is 8.08. The van der Waals surface area contributed by atoms with Crippen LogP contribution in [0.2, 0.25) is 0 Å². The molecule has 0 amide bonds. The number of rotatable bonds is 7. The molecule has 0 saturated heterocycles. The highest BCUT2D eigenvalue weighted by atomic mass is 16.5. The van der Waals surface area contributed by atoms with Crippen molar-refractivity contribution in [3.05, 3.63) is 162 Å². The standard InChI is InChI=1S/C48H41NO2/c1-30-32(3)47(41-22-16-24-43-48(41)40-21-10-13-23-42(40)49(43)37-17-8-7-9-18-37)33(4)31(2)46(30)36-28-34(38-19-11-14-25-44(38)50-5)27-35(29-36)39-20-12-15-26-45(39)51-6/h7-29H,1-6H3. The third kappa shape index (κ3) is 5.28. The van der Waals surface area contributed by atoms with Crippen LogP contribution < -0.4 is 9.47 Å². The van der Waals surface area contributed by atoms with Crippen molar-refractivity contribution in [2.45, 2.75) is 27.7 Å². The van der Waals surface area contributed by atoms with E-state index in [1.807, 2.05) is 24.3 Å². The van der Waals surface area contributed by atoms with Gasteiger partial charge in [-0.3, -0.25) is 0 Å². The van der Waals surface area contributed by atoms with Gasteiger partial charge in [-0.1, -0.05) is 84.9 Å². The Balaban J connectivity index is 1.39. The van der Waals surface area contributed by atoms with E-state index < -0.39 is 0 Å². The van der Waals surface area contributed by atoms with Gasteiger partial charge in [0.15, 0.2) is 0 Å². The molecule has 8 rings (SSSR count). The molecule has 0 atom stereocenters. The molecule has 0 aliphatic rings. The summed E-state index contributed by atoms with van der Waals surface area (Å²) in [6, 6.07) is 49.6. The molecule has 3 nitrogen and oxygen atoms in total. The molecule has 0 fully saturated rings. The molecule has 0 unspecified atom stereocenters. The Hall–Kier alpha value is -6.06. The number of hydrogen-bond donors (Lipinski definition) is 0. The molecular formula is C48H41NO2. The van der Waals surface area contributed by atoms with Crippen LogP contribution in [-0.4, -0.2) is 18.8 Å². The van der Waals surface area contributed by atoms with Gasteiger partial charge in [0.25, 0.3) is 0 Å². The lowest BCUT2D eigenvalue weighted by molar-refractivity contribution is 0.416. The highest BCUT2D eigenvalue weighted by Crippen LogP contribution is 2.46. The van der Waals surface area contributed by atoms with Crippen molar-refractivity contribution in [1.82, 2.24) is 4.57 Å². The maximum absolute atomic E-state index is 5.86. The minimum absolute atomic E-state index is 0.847. The first-order chi connectivity index (χ1) is 24.9. The van der Waals surface area contributed by atoms with Crippen LogP contribution in [0.25, 0.3) is 72.0 Å². The van der Waals surface area contributed by atoms with Crippen molar-refractivity contribution in [3.63, 3.8) is 0 Å². The number of aromatic nitrogens is 1. The normalized spacial score (nSPS) is 11.3. The van der Waals surface area contributed by atoms with Gasteiger partial charge in [0.05, 0.1) is 25.3 Å². The number of methoxy groups -OCH3 is 2. The highest BCUT2D eigenvalue weighted by molar-refractivity contribution is 6.16. The molecule has 1 heterocycles. The molecular weight excluding hydrogens is 623 g/mol. The SMILES string of the molecule is COc1ccccc1-c1cc(-c2ccccc2OC)cc(-c2c(C)c(C)c(-c3cccc4c3c3ccccc3n4-c3ccccc3)c(C)c2C)c1. The van der Waals surface area contributed by atoms with E-state index in [1.54, 1.807) is 14.2 Å². The molecule has 51 heavy (non-hydrogen) atoms. The van der Waals surface area contributed by atoms with Crippen LogP contribution in [0.1, 0.15) is 22.3 Å². The molecule has 7 aromatic carbocycles. The summed E-state index contributed by atoms with van der Waals surface area (Å²) in [5.74, 6) is 1.69. The van der Waals surface area contributed by atoms with Gasteiger partial charge in [-0.15, -0.1) is 0 Å². The molecule has 0 bridgehead atoms. The van der Waals surface area contributed by atoms with Crippen LogP contribution in [0.5, 0.6) is 11.5 Å². The van der Waals surface area contributed by atoms with E-state index in [4.69, 9.17) is 9.47 Å². The van der Waals surface area contributed by atoms with Crippen LogP contribution in [0.3, 0.4) is 0 Å². The monoisotopic (exact) mass is 663 g/mol. The highest BCUT2D eigenvalue weighted by Gasteiger charge is 2.23. The van der Waals surface area contributed by atoms with Gasteiger partial charge < -0.3 is 14.0 Å². The van der Waals surface area contributed by atoms with E-state index in [0.29, 0.717) is 0 Å². The van der Waals surface area contributed by atoms with Gasteiger partial charge in [-0.25, -0.2) is 0 Å². The summed E-state index contributed by atoms with van der Waals surface area (Å²) in [7, 11) is 3.47. The molecule has 0 aliphatic carbocycles. The fraction of sp³-hybridized carbons (Fsp3) is 0.125. The molecule has 3 heteroatoms. The topological polar surface area (TPSA) is 23.4 Å². The third-order valence-corrected chi connectivity index (χ3v) is 10.7. The fourth-order valence-electron chi connectivity index (χ4n) is 8.08. The Morgan fingerprint density at radius 2 is 0.882 bits per heavy atom. The second kappa shape index (κ2) is 13.0. The molecule has 8 aromatic rings. The zero-order valence-corrected chi connectivity index (χ0v) is 30.0. The van der Waals surface area contributed by atoms with Gasteiger partial charge in [0.2, 0.25) is 0 Å². The van der Waals surface area contributed by atoms with E-state index in [0.717, 1.165) is 39.4 Å². The number of ether oxygens (including phenoxy) is 2.